The van der Waals surface area contributed by atoms with Crippen molar-refractivity contribution in [1.29, 1.82) is 0 Å². The molecule has 2 rings (SSSR count). The number of halogens is 3. The zero-order valence-corrected chi connectivity index (χ0v) is 13.0. The van der Waals surface area contributed by atoms with E-state index in [-0.39, 0.29) is 10.2 Å². The zero-order valence-electron chi connectivity index (χ0n) is 11.4. The molecular formula is C15H15BrF2N2O. The van der Waals surface area contributed by atoms with E-state index < -0.39 is 11.6 Å². The van der Waals surface area contributed by atoms with Crippen LogP contribution in [0.5, 0.6) is 5.75 Å². The minimum atomic E-state index is -0.699. The lowest BCUT2D eigenvalue weighted by molar-refractivity contribution is 0.319. The third kappa shape index (κ3) is 3.64. The van der Waals surface area contributed by atoms with Gasteiger partial charge in [0.05, 0.1) is 28.1 Å². The Kier molecular flexibility index (Phi) is 5.01. The molecule has 0 aliphatic rings. The van der Waals surface area contributed by atoms with Crippen molar-refractivity contribution in [2.45, 2.75) is 13.3 Å². The highest BCUT2D eigenvalue weighted by Gasteiger charge is 2.11. The van der Waals surface area contributed by atoms with Gasteiger partial charge < -0.3 is 15.8 Å². The Morgan fingerprint density at radius 2 is 1.95 bits per heavy atom. The van der Waals surface area contributed by atoms with Gasteiger partial charge in [-0.3, -0.25) is 0 Å². The van der Waals surface area contributed by atoms with Gasteiger partial charge >= 0.3 is 0 Å². The van der Waals surface area contributed by atoms with Crippen LogP contribution < -0.4 is 15.8 Å². The quantitative estimate of drug-likeness (QED) is 0.595. The second-order valence-corrected chi connectivity index (χ2v) is 5.29. The molecule has 0 aliphatic heterocycles. The summed E-state index contributed by atoms with van der Waals surface area (Å²) >= 11 is 3.02. The van der Waals surface area contributed by atoms with Gasteiger partial charge in [0.2, 0.25) is 0 Å². The third-order valence-corrected chi connectivity index (χ3v) is 3.41. The highest BCUT2D eigenvalue weighted by molar-refractivity contribution is 9.10. The fourth-order valence-corrected chi connectivity index (χ4v) is 2.10. The van der Waals surface area contributed by atoms with Crippen molar-refractivity contribution in [2.75, 3.05) is 17.7 Å². The van der Waals surface area contributed by atoms with E-state index in [9.17, 15) is 8.78 Å². The van der Waals surface area contributed by atoms with Crippen LogP contribution in [0, 0.1) is 11.6 Å². The van der Waals surface area contributed by atoms with E-state index in [0.717, 1.165) is 12.5 Å². The number of rotatable bonds is 5. The van der Waals surface area contributed by atoms with Crippen molar-refractivity contribution in [3.8, 4) is 5.75 Å². The Morgan fingerprint density at radius 3 is 2.67 bits per heavy atom. The molecule has 0 radical (unpaired) electrons. The summed E-state index contributed by atoms with van der Waals surface area (Å²) in [6, 6.07) is 7.32. The predicted octanol–water partition coefficient (Wildman–Crippen LogP) is 4.84. The molecule has 0 saturated heterocycles. The van der Waals surface area contributed by atoms with E-state index in [0.29, 0.717) is 23.7 Å². The largest absolute Gasteiger partial charge is 0.491 e. The molecule has 112 valence electrons. The monoisotopic (exact) mass is 356 g/mol. The number of nitrogen functional groups attached to an aromatic ring is 1. The molecule has 0 aliphatic carbocycles. The van der Waals surface area contributed by atoms with Crippen molar-refractivity contribution in [1.82, 2.24) is 0 Å². The van der Waals surface area contributed by atoms with E-state index in [1.807, 2.05) is 6.92 Å². The average molecular weight is 357 g/mol. The lowest BCUT2D eigenvalue weighted by Crippen LogP contribution is -2.03. The summed E-state index contributed by atoms with van der Waals surface area (Å²) in [6.07, 6.45) is 0.858. The number of nitrogens with two attached hydrogens (primary N) is 1. The molecule has 2 aromatic rings. The third-order valence-electron chi connectivity index (χ3n) is 2.81. The van der Waals surface area contributed by atoms with E-state index in [2.05, 4.69) is 21.2 Å². The standard InChI is InChI=1S/C15H15BrF2N2O/c1-2-6-21-14-5-3-4-12(15(14)19)20-13-7-9(16)10(17)8-11(13)18/h3-5,7-8,20H,2,6,19H2,1H3. The molecule has 0 saturated carbocycles. The number of anilines is 3. The fraction of sp³-hybridized carbons (Fsp3) is 0.200. The molecule has 0 spiro atoms. The van der Waals surface area contributed by atoms with Crippen LogP contribution in [0.2, 0.25) is 0 Å². The SMILES string of the molecule is CCCOc1cccc(Nc2cc(Br)c(F)cc2F)c1N. The van der Waals surface area contributed by atoms with Crippen LogP contribution >= 0.6 is 15.9 Å². The first kappa shape index (κ1) is 15.6. The van der Waals surface area contributed by atoms with Crippen molar-refractivity contribution < 1.29 is 13.5 Å². The van der Waals surface area contributed by atoms with Gasteiger partial charge in [0.1, 0.15) is 17.4 Å². The van der Waals surface area contributed by atoms with E-state index in [1.165, 1.54) is 6.07 Å². The maximum Gasteiger partial charge on any atom is 0.149 e. The average Bonchev–Trinajstić information content (AvgIpc) is 2.45. The van der Waals surface area contributed by atoms with Crippen LogP contribution in [-0.2, 0) is 0 Å². The fourth-order valence-electron chi connectivity index (χ4n) is 1.75. The summed E-state index contributed by atoms with van der Waals surface area (Å²) in [5.74, 6) is -0.829. The number of para-hydroxylation sites is 1. The van der Waals surface area contributed by atoms with Crippen LogP contribution in [0.25, 0.3) is 0 Å². The maximum atomic E-state index is 13.8. The van der Waals surface area contributed by atoms with Crippen LogP contribution in [0.4, 0.5) is 25.8 Å². The summed E-state index contributed by atoms with van der Waals surface area (Å²) in [5.41, 5.74) is 7.00. The zero-order chi connectivity index (χ0) is 15.4. The molecule has 0 aromatic heterocycles. The second kappa shape index (κ2) is 6.76. The highest BCUT2D eigenvalue weighted by Crippen LogP contribution is 2.33. The van der Waals surface area contributed by atoms with Crippen molar-refractivity contribution in [3.63, 3.8) is 0 Å². The van der Waals surface area contributed by atoms with Gasteiger partial charge in [0.25, 0.3) is 0 Å². The summed E-state index contributed by atoms with van der Waals surface area (Å²) in [5, 5.41) is 2.85. The first-order chi connectivity index (χ1) is 10.0. The predicted molar refractivity (Wildman–Crippen MR) is 84.0 cm³/mol. The summed E-state index contributed by atoms with van der Waals surface area (Å²) in [6.45, 7) is 2.54. The molecule has 6 heteroatoms. The van der Waals surface area contributed by atoms with E-state index in [1.54, 1.807) is 18.2 Å². The number of benzene rings is 2. The minimum absolute atomic E-state index is 0.127. The Hall–Kier alpha value is -1.82. The molecule has 21 heavy (non-hydrogen) atoms. The van der Waals surface area contributed by atoms with Gasteiger partial charge in [-0.15, -0.1) is 0 Å². The van der Waals surface area contributed by atoms with Gasteiger partial charge in [0.15, 0.2) is 0 Å². The number of ether oxygens (including phenoxy) is 1. The molecular weight excluding hydrogens is 342 g/mol. The van der Waals surface area contributed by atoms with Crippen molar-refractivity contribution >= 4 is 33.0 Å². The molecule has 0 amide bonds. The first-order valence-corrected chi connectivity index (χ1v) is 7.25. The topological polar surface area (TPSA) is 47.3 Å². The minimum Gasteiger partial charge on any atom is -0.491 e. The van der Waals surface area contributed by atoms with Crippen LogP contribution in [-0.4, -0.2) is 6.61 Å². The van der Waals surface area contributed by atoms with Gasteiger partial charge in [-0.05, 0) is 40.5 Å². The lowest BCUT2D eigenvalue weighted by atomic mass is 10.2. The molecule has 0 unspecified atom stereocenters. The van der Waals surface area contributed by atoms with Gasteiger partial charge in [-0.25, -0.2) is 8.78 Å². The number of nitrogens with one attached hydrogen (secondary N) is 1. The van der Waals surface area contributed by atoms with Gasteiger partial charge in [-0.2, -0.15) is 0 Å². The Labute approximate surface area is 130 Å². The normalized spacial score (nSPS) is 10.5. The van der Waals surface area contributed by atoms with Crippen LogP contribution in [0.15, 0.2) is 34.8 Å². The molecule has 3 nitrogen and oxygen atoms in total. The van der Waals surface area contributed by atoms with Crippen LogP contribution in [0.1, 0.15) is 13.3 Å². The lowest BCUT2D eigenvalue weighted by Gasteiger charge is -2.14. The molecule has 0 bridgehead atoms. The van der Waals surface area contributed by atoms with Crippen LogP contribution in [0.3, 0.4) is 0 Å². The van der Waals surface area contributed by atoms with Gasteiger partial charge in [-0.1, -0.05) is 13.0 Å². The molecule has 2 aromatic carbocycles. The highest BCUT2D eigenvalue weighted by atomic mass is 79.9. The summed E-state index contributed by atoms with van der Waals surface area (Å²) in [4.78, 5) is 0. The summed E-state index contributed by atoms with van der Waals surface area (Å²) < 4.78 is 32.7. The van der Waals surface area contributed by atoms with Crippen molar-refractivity contribution in [3.05, 3.63) is 46.4 Å². The second-order valence-electron chi connectivity index (χ2n) is 4.44. The van der Waals surface area contributed by atoms with Gasteiger partial charge in [0, 0.05) is 6.07 Å². The molecule has 3 N–H and O–H groups in total. The Bertz CT molecular complexity index is 650. The smallest absolute Gasteiger partial charge is 0.149 e. The molecule has 0 heterocycles. The Morgan fingerprint density at radius 1 is 1.19 bits per heavy atom. The van der Waals surface area contributed by atoms with E-state index in [4.69, 9.17) is 10.5 Å². The van der Waals surface area contributed by atoms with E-state index >= 15 is 0 Å². The van der Waals surface area contributed by atoms with Crippen molar-refractivity contribution in [2.24, 2.45) is 0 Å². The maximum absolute atomic E-state index is 13.8. The first-order valence-electron chi connectivity index (χ1n) is 6.45. The molecule has 0 atom stereocenters. The summed E-state index contributed by atoms with van der Waals surface area (Å²) in [7, 11) is 0. The molecule has 0 fully saturated rings. The Balaban J connectivity index is 2.29. The number of hydrogen-bond acceptors (Lipinski definition) is 3. The number of hydrogen-bond donors (Lipinski definition) is 2.